The third-order valence-corrected chi connectivity index (χ3v) is 2.34. The Kier molecular flexibility index (Phi) is 9.14. The van der Waals surface area contributed by atoms with Gasteiger partial charge in [-0.2, -0.15) is 0 Å². The standard InChI is InChI=1S/C11H23N3O3/c1-3-4-6-9(10(15)16)14-11(17)13-8-5-7-12-2/h9,12H,3-8H2,1-2H3,(H,15,16)(H2,13,14,17). The van der Waals surface area contributed by atoms with Crippen LogP contribution in [-0.4, -0.2) is 43.3 Å². The number of amides is 2. The maximum Gasteiger partial charge on any atom is 0.326 e. The Morgan fingerprint density at radius 3 is 2.47 bits per heavy atom. The summed E-state index contributed by atoms with van der Waals surface area (Å²) in [5.74, 6) is -0.983. The molecule has 17 heavy (non-hydrogen) atoms. The maximum atomic E-state index is 11.4. The summed E-state index contributed by atoms with van der Waals surface area (Å²) in [6.07, 6.45) is 2.98. The van der Waals surface area contributed by atoms with Crippen molar-refractivity contribution in [3.8, 4) is 0 Å². The largest absolute Gasteiger partial charge is 0.480 e. The highest BCUT2D eigenvalue weighted by Crippen LogP contribution is 2.00. The van der Waals surface area contributed by atoms with Crippen LogP contribution in [0.25, 0.3) is 0 Å². The van der Waals surface area contributed by atoms with Crippen LogP contribution in [0.1, 0.15) is 32.6 Å². The van der Waals surface area contributed by atoms with E-state index in [0.717, 1.165) is 25.8 Å². The van der Waals surface area contributed by atoms with E-state index in [1.165, 1.54) is 0 Å². The zero-order chi connectivity index (χ0) is 13.1. The summed E-state index contributed by atoms with van der Waals surface area (Å²) in [7, 11) is 1.84. The number of aliphatic carboxylic acids is 1. The number of carboxylic acid groups (broad SMARTS) is 1. The number of hydrogen-bond acceptors (Lipinski definition) is 3. The van der Waals surface area contributed by atoms with Gasteiger partial charge in [0.2, 0.25) is 0 Å². The van der Waals surface area contributed by atoms with Gasteiger partial charge in [-0.05, 0) is 26.4 Å². The fraction of sp³-hybridized carbons (Fsp3) is 0.818. The second kappa shape index (κ2) is 9.89. The predicted octanol–water partition coefficient (Wildman–Crippen LogP) is 0.539. The third kappa shape index (κ3) is 8.50. The van der Waals surface area contributed by atoms with Crippen LogP contribution in [-0.2, 0) is 4.79 Å². The number of carbonyl (C=O) groups is 2. The van der Waals surface area contributed by atoms with Crippen molar-refractivity contribution in [1.82, 2.24) is 16.0 Å². The molecule has 4 N–H and O–H groups in total. The van der Waals surface area contributed by atoms with Gasteiger partial charge in [-0.3, -0.25) is 0 Å². The van der Waals surface area contributed by atoms with Gasteiger partial charge >= 0.3 is 12.0 Å². The van der Waals surface area contributed by atoms with Crippen molar-refractivity contribution < 1.29 is 14.7 Å². The molecule has 0 aliphatic rings. The quantitative estimate of drug-likeness (QED) is 0.446. The molecule has 0 radical (unpaired) electrons. The van der Waals surface area contributed by atoms with E-state index < -0.39 is 18.0 Å². The van der Waals surface area contributed by atoms with Gasteiger partial charge in [-0.1, -0.05) is 19.8 Å². The van der Waals surface area contributed by atoms with Crippen LogP contribution in [0.15, 0.2) is 0 Å². The van der Waals surface area contributed by atoms with Crippen molar-refractivity contribution in [1.29, 1.82) is 0 Å². The van der Waals surface area contributed by atoms with Crippen molar-refractivity contribution >= 4 is 12.0 Å². The van der Waals surface area contributed by atoms with E-state index in [0.29, 0.717) is 13.0 Å². The van der Waals surface area contributed by atoms with Crippen LogP contribution in [0.3, 0.4) is 0 Å². The monoisotopic (exact) mass is 245 g/mol. The van der Waals surface area contributed by atoms with Crippen LogP contribution < -0.4 is 16.0 Å². The summed E-state index contributed by atoms with van der Waals surface area (Å²) in [4.78, 5) is 22.2. The molecular weight excluding hydrogens is 222 g/mol. The molecule has 0 saturated heterocycles. The van der Waals surface area contributed by atoms with Gasteiger partial charge in [0.25, 0.3) is 0 Å². The van der Waals surface area contributed by atoms with Crippen LogP contribution in [0.4, 0.5) is 4.79 Å². The van der Waals surface area contributed by atoms with E-state index in [-0.39, 0.29) is 0 Å². The molecule has 0 spiro atoms. The van der Waals surface area contributed by atoms with Gasteiger partial charge in [0.15, 0.2) is 0 Å². The zero-order valence-corrected chi connectivity index (χ0v) is 10.6. The zero-order valence-electron chi connectivity index (χ0n) is 10.6. The summed E-state index contributed by atoms with van der Waals surface area (Å²) >= 11 is 0. The van der Waals surface area contributed by atoms with E-state index in [2.05, 4.69) is 16.0 Å². The van der Waals surface area contributed by atoms with Gasteiger partial charge in [-0.25, -0.2) is 9.59 Å². The van der Waals surface area contributed by atoms with E-state index in [1.807, 2.05) is 14.0 Å². The lowest BCUT2D eigenvalue weighted by molar-refractivity contribution is -0.139. The summed E-state index contributed by atoms with van der Waals surface area (Å²) in [6.45, 7) is 3.34. The Morgan fingerprint density at radius 2 is 1.94 bits per heavy atom. The molecule has 100 valence electrons. The summed E-state index contributed by atoms with van der Waals surface area (Å²) in [5, 5.41) is 17.0. The number of carbonyl (C=O) groups excluding carboxylic acids is 1. The lowest BCUT2D eigenvalue weighted by atomic mass is 10.1. The molecule has 0 heterocycles. The van der Waals surface area contributed by atoms with Crippen molar-refractivity contribution in [3.63, 3.8) is 0 Å². The molecule has 0 aromatic carbocycles. The Bertz CT molecular complexity index is 234. The van der Waals surface area contributed by atoms with Gasteiger partial charge in [0, 0.05) is 6.54 Å². The minimum Gasteiger partial charge on any atom is -0.480 e. The van der Waals surface area contributed by atoms with E-state index >= 15 is 0 Å². The first kappa shape index (κ1) is 15.7. The molecular formula is C11H23N3O3. The first-order valence-electron chi connectivity index (χ1n) is 6.03. The maximum absolute atomic E-state index is 11.4. The van der Waals surface area contributed by atoms with E-state index in [4.69, 9.17) is 5.11 Å². The van der Waals surface area contributed by atoms with Crippen LogP contribution >= 0.6 is 0 Å². The molecule has 1 unspecified atom stereocenters. The van der Waals surface area contributed by atoms with Crippen LogP contribution in [0.2, 0.25) is 0 Å². The van der Waals surface area contributed by atoms with Gasteiger partial charge in [0.1, 0.15) is 6.04 Å². The smallest absolute Gasteiger partial charge is 0.326 e. The fourth-order valence-electron chi connectivity index (χ4n) is 1.34. The molecule has 0 aromatic heterocycles. The number of nitrogens with one attached hydrogen (secondary N) is 3. The fourth-order valence-corrected chi connectivity index (χ4v) is 1.34. The van der Waals surface area contributed by atoms with Gasteiger partial charge < -0.3 is 21.1 Å². The van der Waals surface area contributed by atoms with Gasteiger partial charge in [0.05, 0.1) is 0 Å². The van der Waals surface area contributed by atoms with E-state index in [1.54, 1.807) is 0 Å². The number of urea groups is 1. The Morgan fingerprint density at radius 1 is 1.24 bits per heavy atom. The van der Waals surface area contributed by atoms with Crippen molar-refractivity contribution in [2.24, 2.45) is 0 Å². The SMILES string of the molecule is CCCCC(NC(=O)NCCCNC)C(=O)O. The van der Waals surface area contributed by atoms with Crippen LogP contribution in [0, 0.1) is 0 Å². The molecule has 0 aliphatic heterocycles. The van der Waals surface area contributed by atoms with Crippen molar-refractivity contribution in [2.75, 3.05) is 20.1 Å². The minimum atomic E-state index is -0.983. The van der Waals surface area contributed by atoms with Gasteiger partial charge in [-0.15, -0.1) is 0 Å². The Hall–Kier alpha value is -1.30. The minimum absolute atomic E-state index is 0.412. The average molecular weight is 245 g/mol. The van der Waals surface area contributed by atoms with Crippen molar-refractivity contribution in [2.45, 2.75) is 38.6 Å². The first-order chi connectivity index (χ1) is 8.11. The molecule has 0 fully saturated rings. The second-order valence-electron chi connectivity index (χ2n) is 3.89. The molecule has 0 rings (SSSR count). The second-order valence-corrected chi connectivity index (χ2v) is 3.89. The highest BCUT2D eigenvalue weighted by atomic mass is 16.4. The Balaban J connectivity index is 3.83. The number of rotatable bonds is 9. The lowest BCUT2D eigenvalue weighted by Gasteiger charge is -2.14. The summed E-state index contributed by atoms with van der Waals surface area (Å²) in [5.41, 5.74) is 0. The molecule has 0 aromatic rings. The molecule has 6 heteroatoms. The highest BCUT2D eigenvalue weighted by molar-refractivity contribution is 5.82. The van der Waals surface area contributed by atoms with E-state index in [9.17, 15) is 9.59 Å². The van der Waals surface area contributed by atoms with Crippen LogP contribution in [0.5, 0.6) is 0 Å². The molecule has 2 amide bonds. The number of hydrogen-bond donors (Lipinski definition) is 4. The average Bonchev–Trinajstić information content (AvgIpc) is 2.29. The molecule has 1 atom stereocenters. The summed E-state index contributed by atoms with van der Waals surface area (Å²) in [6, 6.07) is -1.20. The number of unbranched alkanes of at least 4 members (excludes halogenated alkanes) is 1. The summed E-state index contributed by atoms with van der Waals surface area (Å²) < 4.78 is 0. The highest BCUT2D eigenvalue weighted by Gasteiger charge is 2.18. The third-order valence-electron chi connectivity index (χ3n) is 2.34. The topological polar surface area (TPSA) is 90.5 Å². The van der Waals surface area contributed by atoms with Crippen molar-refractivity contribution in [3.05, 3.63) is 0 Å². The molecule has 6 nitrogen and oxygen atoms in total. The molecule has 0 aliphatic carbocycles. The molecule has 0 saturated carbocycles. The predicted molar refractivity (Wildman–Crippen MR) is 66.0 cm³/mol. The Labute approximate surface area is 102 Å². The lowest BCUT2D eigenvalue weighted by Crippen LogP contribution is -2.46. The molecule has 0 bridgehead atoms. The normalized spacial score (nSPS) is 11.9. The first-order valence-corrected chi connectivity index (χ1v) is 6.03. The number of carboxylic acids is 1.